The van der Waals surface area contributed by atoms with Gasteiger partial charge < -0.3 is 4.90 Å². The number of aromatic nitrogens is 4. The number of hydrogen-bond acceptors (Lipinski definition) is 6. The summed E-state index contributed by atoms with van der Waals surface area (Å²) >= 11 is 0. The molecule has 3 rings (SSSR count). The summed E-state index contributed by atoms with van der Waals surface area (Å²) < 4.78 is 0. The molecule has 0 radical (unpaired) electrons. The molecule has 0 aliphatic carbocycles. The van der Waals surface area contributed by atoms with E-state index < -0.39 is 0 Å². The Morgan fingerprint density at radius 2 is 2.33 bits per heavy atom. The smallest absolute Gasteiger partial charge is 0.249 e. The van der Waals surface area contributed by atoms with Crippen LogP contribution in [0.5, 0.6) is 0 Å². The van der Waals surface area contributed by atoms with Gasteiger partial charge in [0.25, 0.3) is 0 Å². The van der Waals surface area contributed by atoms with Crippen LogP contribution in [0.1, 0.15) is 19.8 Å². The third-order valence-electron chi connectivity index (χ3n) is 4.31. The van der Waals surface area contributed by atoms with Crippen LogP contribution in [0, 0.1) is 5.92 Å². The minimum atomic E-state index is -0.151. The SMILES string of the molecule is C=N/C=C\N=C(C)N1CCCC(C(=O)Nc2n[nH]c(-c3ccccn3)n2)C1. The maximum Gasteiger partial charge on any atom is 0.249 e. The summed E-state index contributed by atoms with van der Waals surface area (Å²) in [6, 6.07) is 5.51. The normalized spacial score (nSPS) is 17.9. The zero-order valence-electron chi connectivity index (χ0n) is 15.2. The van der Waals surface area contributed by atoms with Gasteiger partial charge in [0.1, 0.15) is 11.5 Å². The first kappa shape index (κ1) is 18.4. The fourth-order valence-electron chi connectivity index (χ4n) is 2.90. The molecule has 140 valence electrons. The third-order valence-corrected chi connectivity index (χ3v) is 4.31. The van der Waals surface area contributed by atoms with Crippen molar-refractivity contribution in [1.29, 1.82) is 0 Å². The number of amides is 1. The molecule has 0 aromatic carbocycles. The van der Waals surface area contributed by atoms with E-state index in [2.05, 4.69) is 47.1 Å². The summed E-state index contributed by atoms with van der Waals surface area (Å²) in [6.45, 7) is 6.77. The van der Waals surface area contributed by atoms with Gasteiger partial charge in [0.05, 0.1) is 5.92 Å². The van der Waals surface area contributed by atoms with Crippen molar-refractivity contribution in [2.24, 2.45) is 15.9 Å². The van der Waals surface area contributed by atoms with Gasteiger partial charge in [0, 0.05) is 31.7 Å². The summed E-state index contributed by atoms with van der Waals surface area (Å²) in [5.41, 5.74) is 0.670. The molecule has 9 nitrogen and oxygen atoms in total. The van der Waals surface area contributed by atoms with E-state index in [-0.39, 0.29) is 17.8 Å². The van der Waals surface area contributed by atoms with E-state index in [1.807, 2.05) is 25.1 Å². The topological polar surface area (TPSA) is 112 Å². The van der Waals surface area contributed by atoms with E-state index in [4.69, 9.17) is 0 Å². The molecule has 1 unspecified atom stereocenters. The molecule has 1 saturated heterocycles. The van der Waals surface area contributed by atoms with Gasteiger partial charge in [-0.15, -0.1) is 5.10 Å². The minimum Gasteiger partial charge on any atom is -0.359 e. The molecule has 3 heterocycles. The quantitative estimate of drug-likeness (QED) is 0.622. The fraction of sp³-hybridized carbons (Fsp3) is 0.333. The number of aromatic amines is 1. The standard InChI is InChI=1S/C18H22N8O/c1-13(20-10-9-19-2)26-11-5-6-14(12-26)17(27)23-18-22-16(24-25-18)15-7-3-4-8-21-15/h3-4,7-10,14H,2,5-6,11-12H2,1H3,(H2,22,23,24,25,27)/b10-9-,20-13?. The van der Waals surface area contributed by atoms with Crippen LogP contribution in [-0.2, 0) is 4.79 Å². The fourth-order valence-corrected chi connectivity index (χ4v) is 2.90. The van der Waals surface area contributed by atoms with Gasteiger partial charge in [-0.05, 0) is 38.6 Å². The molecule has 2 aromatic rings. The Kier molecular flexibility index (Phi) is 6.03. The highest BCUT2D eigenvalue weighted by molar-refractivity contribution is 5.92. The van der Waals surface area contributed by atoms with E-state index in [0.717, 1.165) is 25.2 Å². The van der Waals surface area contributed by atoms with Gasteiger partial charge in [0.15, 0.2) is 5.82 Å². The predicted octanol–water partition coefficient (Wildman–Crippen LogP) is 2.11. The van der Waals surface area contributed by atoms with Crippen molar-refractivity contribution in [1.82, 2.24) is 25.1 Å². The lowest BCUT2D eigenvalue weighted by Gasteiger charge is -2.32. The summed E-state index contributed by atoms with van der Waals surface area (Å²) in [4.78, 5) is 31.2. The number of piperidine rings is 1. The maximum atomic E-state index is 12.6. The lowest BCUT2D eigenvalue weighted by Crippen LogP contribution is -2.43. The molecule has 1 fully saturated rings. The van der Waals surface area contributed by atoms with Crippen molar-refractivity contribution >= 4 is 24.4 Å². The van der Waals surface area contributed by atoms with Gasteiger partial charge in [0.2, 0.25) is 11.9 Å². The van der Waals surface area contributed by atoms with Crippen molar-refractivity contribution in [3.05, 3.63) is 36.8 Å². The van der Waals surface area contributed by atoms with Gasteiger partial charge in [-0.2, -0.15) is 4.98 Å². The molecule has 27 heavy (non-hydrogen) atoms. The number of aliphatic imine (C=N–C) groups is 2. The van der Waals surface area contributed by atoms with E-state index in [9.17, 15) is 4.79 Å². The van der Waals surface area contributed by atoms with E-state index in [1.54, 1.807) is 12.4 Å². The Bertz CT molecular complexity index is 842. The summed E-state index contributed by atoms with van der Waals surface area (Å²) in [5, 5.41) is 9.65. The number of pyridine rings is 1. The second-order valence-corrected chi connectivity index (χ2v) is 6.15. The lowest BCUT2D eigenvalue weighted by molar-refractivity contribution is -0.121. The number of likely N-dealkylation sites (tertiary alicyclic amines) is 1. The number of nitrogens with one attached hydrogen (secondary N) is 2. The average molecular weight is 366 g/mol. The van der Waals surface area contributed by atoms with Crippen LogP contribution in [-0.4, -0.2) is 56.6 Å². The molecule has 1 amide bonds. The Morgan fingerprint density at radius 3 is 3.11 bits per heavy atom. The number of rotatable bonds is 5. The summed E-state index contributed by atoms with van der Waals surface area (Å²) in [5.74, 6) is 1.37. The van der Waals surface area contributed by atoms with Crippen LogP contribution < -0.4 is 5.32 Å². The first-order valence-electron chi connectivity index (χ1n) is 8.72. The molecule has 2 N–H and O–H groups in total. The summed E-state index contributed by atoms with van der Waals surface area (Å²) in [6.07, 6.45) is 6.54. The first-order chi connectivity index (χ1) is 13.2. The molecular formula is C18H22N8O. The van der Waals surface area contributed by atoms with Crippen molar-refractivity contribution in [2.45, 2.75) is 19.8 Å². The molecule has 2 aromatic heterocycles. The average Bonchev–Trinajstić information content (AvgIpc) is 3.17. The van der Waals surface area contributed by atoms with Crippen molar-refractivity contribution in [2.75, 3.05) is 18.4 Å². The Balaban J connectivity index is 1.61. The summed E-state index contributed by atoms with van der Waals surface area (Å²) in [7, 11) is 0. The van der Waals surface area contributed by atoms with Crippen molar-refractivity contribution < 1.29 is 4.79 Å². The van der Waals surface area contributed by atoms with Crippen molar-refractivity contribution in [3.8, 4) is 11.5 Å². The largest absolute Gasteiger partial charge is 0.359 e. The Labute approximate surface area is 157 Å². The van der Waals surface area contributed by atoms with Crippen LogP contribution >= 0.6 is 0 Å². The predicted molar refractivity (Wildman–Crippen MR) is 104 cm³/mol. The molecule has 0 saturated carbocycles. The van der Waals surface area contributed by atoms with Gasteiger partial charge in [-0.1, -0.05) is 6.07 Å². The van der Waals surface area contributed by atoms with Crippen molar-refractivity contribution in [3.63, 3.8) is 0 Å². The molecule has 1 aliphatic rings. The zero-order valence-corrected chi connectivity index (χ0v) is 15.2. The molecule has 1 aliphatic heterocycles. The van der Waals surface area contributed by atoms with Crippen LogP contribution in [0.15, 0.2) is 46.8 Å². The number of hydrogen-bond donors (Lipinski definition) is 2. The molecule has 1 atom stereocenters. The Hall–Kier alpha value is -3.36. The van der Waals surface area contributed by atoms with Crippen LogP contribution in [0.4, 0.5) is 5.95 Å². The molecular weight excluding hydrogens is 344 g/mol. The van der Waals surface area contributed by atoms with Crippen LogP contribution in [0.3, 0.4) is 0 Å². The van der Waals surface area contributed by atoms with Crippen LogP contribution in [0.25, 0.3) is 11.5 Å². The third kappa shape index (κ3) is 4.84. The number of nitrogens with zero attached hydrogens (tertiary/aromatic N) is 6. The van der Waals surface area contributed by atoms with Gasteiger partial charge in [-0.25, -0.2) is 4.99 Å². The first-order valence-corrected chi connectivity index (χ1v) is 8.72. The molecule has 0 bridgehead atoms. The highest BCUT2D eigenvalue weighted by Gasteiger charge is 2.27. The monoisotopic (exact) mass is 366 g/mol. The second-order valence-electron chi connectivity index (χ2n) is 6.15. The van der Waals surface area contributed by atoms with E-state index in [1.165, 1.54) is 6.20 Å². The number of amidine groups is 1. The number of H-pyrrole nitrogens is 1. The number of anilines is 1. The van der Waals surface area contributed by atoms with Gasteiger partial charge >= 0.3 is 0 Å². The van der Waals surface area contributed by atoms with E-state index in [0.29, 0.717) is 18.1 Å². The van der Waals surface area contributed by atoms with Crippen LogP contribution in [0.2, 0.25) is 0 Å². The minimum absolute atomic E-state index is 0.0950. The lowest BCUT2D eigenvalue weighted by atomic mass is 9.97. The van der Waals surface area contributed by atoms with E-state index >= 15 is 0 Å². The molecule has 9 heteroatoms. The maximum absolute atomic E-state index is 12.6. The second kappa shape index (κ2) is 8.84. The zero-order chi connectivity index (χ0) is 19.1. The highest BCUT2D eigenvalue weighted by Crippen LogP contribution is 2.19. The Morgan fingerprint density at radius 1 is 1.44 bits per heavy atom. The molecule has 0 spiro atoms. The number of carbonyl (C=O) groups is 1. The highest BCUT2D eigenvalue weighted by atomic mass is 16.2. The number of carbonyl (C=O) groups excluding carboxylic acids is 1. The van der Waals surface area contributed by atoms with Gasteiger partial charge in [-0.3, -0.25) is 25.2 Å².